The molecule has 0 N–H and O–H groups in total. The van der Waals surface area contributed by atoms with E-state index >= 15 is 0 Å². The Balaban J connectivity index is 1.87. The zero-order valence-electron chi connectivity index (χ0n) is 13.5. The van der Waals surface area contributed by atoms with Crippen LogP contribution < -0.4 is 0 Å². The van der Waals surface area contributed by atoms with Gasteiger partial charge >= 0.3 is 6.09 Å². The fourth-order valence-corrected chi connectivity index (χ4v) is 2.86. The second-order valence-corrected chi connectivity index (χ2v) is 6.82. The van der Waals surface area contributed by atoms with E-state index in [4.69, 9.17) is 4.74 Å². The second kappa shape index (κ2) is 5.63. The third-order valence-corrected chi connectivity index (χ3v) is 3.84. The predicted molar refractivity (Wildman–Crippen MR) is 85.6 cm³/mol. The molecule has 1 unspecified atom stereocenters. The third kappa shape index (κ3) is 3.08. The highest BCUT2D eigenvalue weighted by atomic mass is 16.6. The molecule has 1 aromatic heterocycles. The Morgan fingerprint density at radius 3 is 2.77 bits per heavy atom. The number of ether oxygens (including phenoxy) is 1. The van der Waals surface area contributed by atoms with Gasteiger partial charge in [0.05, 0.1) is 5.52 Å². The molecule has 0 saturated carbocycles. The number of piperidine rings is 1. The zero-order valence-corrected chi connectivity index (χ0v) is 13.5. The smallest absolute Gasteiger partial charge is 0.411 e. The molecule has 1 saturated heterocycles. The molecule has 1 aliphatic heterocycles. The van der Waals surface area contributed by atoms with E-state index in [2.05, 4.69) is 5.10 Å². The molecule has 1 aliphatic rings. The van der Waals surface area contributed by atoms with E-state index in [9.17, 15) is 4.79 Å². The van der Waals surface area contributed by atoms with Crippen molar-refractivity contribution in [1.82, 2.24) is 14.7 Å². The molecule has 118 valence electrons. The lowest BCUT2D eigenvalue weighted by Crippen LogP contribution is -2.44. The number of hydrogen-bond donors (Lipinski definition) is 0. The van der Waals surface area contributed by atoms with Crippen molar-refractivity contribution < 1.29 is 9.53 Å². The summed E-state index contributed by atoms with van der Waals surface area (Å²) in [5, 5.41) is 5.73. The first-order chi connectivity index (χ1) is 10.4. The lowest BCUT2D eigenvalue weighted by atomic mass is 10.1. The molecule has 22 heavy (non-hydrogen) atoms. The van der Waals surface area contributed by atoms with E-state index in [1.54, 1.807) is 4.90 Å². The van der Waals surface area contributed by atoms with Crippen molar-refractivity contribution in [2.24, 2.45) is 0 Å². The monoisotopic (exact) mass is 301 g/mol. The maximum atomic E-state index is 12.5. The Hall–Kier alpha value is -2.04. The van der Waals surface area contributed by atoms with E-state index in [0.717, 1.165) is 36.7 Å². The van der Waals surface area contributed by atoms with Crippen LogP contribution in [0.25, 0.3) is 10.9 Å². The van der Waals surface area contributed by atoms with Gasteiger partial charge < -0.3 is 4.74 Å². The SMILES string of the molecule is CC(C)(C)OC(=O)N1CCCCC1n1cc2ccccc2n1. The molecule has 2 aromatic rings. The summed E-state index contributed by atoms with van der Waals surface area (Å²) in [6.07, 6.45) is 4.72. The minimum atomic E-state index is -0.478. The standard InChI is InChI=1S/C17H23N3O2/c1-17(2,3)22-16(21)19-11-7-6-10-15(19)20-12-13-8-4-5-9-14(13)18-20/h4-5,8-9,12,15H,6-7,10-11H2,1-3H3. The zero-order chi connectivity index (χ0) is 15.7. The Labute approximate surface area is 130 Å². The Bertz CT molecular complexity index is 639. The minimum absolute atomic E-state index is 0.0593. The number of nitrogens with zero attached hydrogens (tertiary/aromatic N) is 3. The molecule has 5 nitrogen and oxygen atoms in total. The van der Waals surface area contributed by atoms with E-state index in [-0.39, 0.29) is 12.3 Å². The van der Waals surface area contributed by atoms with E-state index in [0.29, 0.717) is 0 Å². The van der Waals surface area contributed by atoms with Gasteiger partial charge in [-0.15, -0.1) is 0 Å². The van der Waals surface area contributed by atoms with Crippen LogP contribution in [0.4, 0.5) is 4.79 Å². The summed E-state index contributed by atoms with van der Waals surface area (Å²) in [6.45, 7) is 6.40. The van der Waals surface area contributed by atoms with Crippen molar-refractivity contribution in [3.05, 3.63) is 30.5 Å². The van der Waals surface area contributed by atoms with Crippen LogP contribution in [0.15, 0.2) is 30.5 Å². The van der Waals surface area contributed by atoms with Gasteiger partial charge in [-0.1, -0.05) is 18.2 Å². The number of benzene rings is 1. The summed E-state index contributed by atoms with van der Waals surface area (Å²) < 4.78 is 7.46. The Morgan fingerprint density at radius 1 is 1.27 bits per heavy atom. The first-order valence-electron chi connectivity index (χ1n) is 7.87. The molecule has 0 radical (unpaired) electrons. The van der Waals surface area contributed by atoms with Gasteiger partial charge in [0.2, 0.25) is 0 Å². The van der Waals surface area contributed by atoms with Crippen molar-refractivity contribution in [2.75, 3.05) is 6.54 Å². The highest BCUT2D eigenvalue weighted by Crippen LogP contribution is 2.28. The lowest BCUT2D eigenvalue weighted by molar-refractivity contribution is -0.00332. The van der Waals surface area contributed by atoms with E-state index < -0.39 is 5.60 Å². The van der Waals surface area contributed by atoms with E-state index in [1.807, 2.05) is 55.9 Å². The van der Waals surface area contributed by atoms with Gasteiger partial charge in [-0.2, -0.15) is 5.10 Å². The van der Waals surface area contributed by atoms with Crippen LogP contribution in [-0.2, 0) is 4.74 Å². The van der Waals surface area contributed by atoms with Crippen LogP contribution in [-0.4, -0.2) is 32.9 Å². The number of likely N-dealkylation sites (tertiary alicyclic amines) is 1. The highest BCUT2D eigenvalue weighted by molar-refractivity contribution is 5.77. The van der Waals surface area contributed by atoms with Crippen LogP contribution in [0.3, 0.4) is 0 Å². The molecule has 0 bridgehead atoms. The predicted octanol–water partition coefficient (Wildman–Crippen LogP) is 3.96. The van der Waals surface area contributed by atoms with Crippen LogP contribution in [0.1, 0.15) is 46.2 Å². The van der Waals surface area contributed by atoms with Crippen molar-refractivity contribution >= 4 is 17.0 Å². The van der Waals surface area contributed by atoms with Crippen LogP contribution in [0.2, 0.25) is 0 Å². The summed E-state index contributed by atoms with van der Waals surface area (Å²) in [5.41, 5.74) is 0.477. The summed E-state index contributed by atoms with van der Waals surface area (Å²) >= 11 is 0. The summed E-state index contributed by atoms with van der Waals surface area (Å²) in [6, 6.07) is 8.01. The Kier molecular flexibility index (Phi) is 3.81. The molecular weight excluding hydrogens is 278 g/mol. The van der Waals surface area contributed by atoms with Gasteiger partial charge in [-0.05, 0) is 46.1 Å². The van der Waals surface area contributed by atoms with Crippen molar-refractivity contribution in [2.45, 2.75) is 51.8 Å². The van der Waals surface area contributed by atoms with Crippen LogP contribution in [0.5, 0.6) is 0 Å². The topological polar surface area (TPSA) is 47.4 Å². The van der Waals surface area contributed by atoms with Gasteiger partial charge in [0, 0.05) is 18.1 Å². The Morgan fingerprint density at radius 2 is 2.05 bits per heavy atom. The van der Waals surface area contributed by atoms with Gasteiger partial charge in [-0.3, -0.25) is 4.90 Å². The number of carbonyl (C=O) groups is 1. The van der Waals surface area contributed by atoms with Crippen molar-refractivity contribution in [1.29, 1.82) is 0 Å². The molecular formula is C17H23N3O2. The van der Waals surface area contributed by atoms with Crippen LogP contribution in [0, 0.1) is 0 Å². The maximum absolute atomic E-state index is 12.5. The van der Waals surface area contributed by atoms with E-state index in [1.165, 1.54) is 0 Å². The number of hydrogen-bond acceptors (Lipinski definition) is 3. The molecule has 1 fully saturated rings. The average molecular weight is 301 g/mol. The average Bonchev–Trinajstić information content (AvgIpc) is 2.89. The summed E-state index contributed by atoms with van der Waals surface area (Å²) in [5.74, 6) is 0. The lowest BCUT2D eigenvalue weighted by Gasteiger charge is -2.36. The largest absolute Gasteiger partial charge is 0.444 e. The molecule has 0 spiro atoms. The normalized spacial score (nSPS) is 19.4. The number of aromatic nitrogens is 2. The second-order valence-electron chi connectivity index (χ2n) is 6.82. The fraction of sp³-hybridized carbons (Fsp3) is 0.529. The summed E-state index contributed by atoms with van der Waals surface area (Å²) in [4.78, 5) is 14.3. The first-order valence-corrected chi connectivity index (χ1v) is 7.87. The number of amides is 1. The number of carbonyl (C=O) groups excluding carboxylic acids is 1. The molecule has 0 aliphatic carbocycles. The van der Waals surface area contributed by atoms with Gasteiger partial charge in [-0.25, -0.2) is 9.48 Å². The highest BCUT2D eigenvalue weighted by Gasteiger charge is 2.32. The van der Waals surface area contributed by atoms with Crippen molar-refractivity contribution in [3.63, 3.8) is 0 Å². The number of rotatable bonds is 1. The van der Waals surface area contributed by atoms with Gasteiger partial charge in [0.25, 0.3) is 0 Å². The maximum Gasteiger partial charge on any atom is 0.411 e. The minimum Gasteiger partial charge on any atom is -0.444 e. The quantitative estimate of drug-likeness (QED) is 0.801. The van der Waals surface area contributed by atoms with Gasteiger partial charge in [0.1, 0.15) is 11.8 Å². The molecule has 1 atom stereocenters. The molecule has 1 amide bonds. The molecule has 3 rings (SSSR count). The number of fused-ring (bicyclic) bond motifs is 1. The van der Waals surface area contributed by atoms with Crippen LogP contribution >= 0.6 is 0 Å². The molecule has 1 aromatic carbocycles. The third-order valence-electron chi connectivity index (χ3n) is 3.84. The summed E-state index contributed by atoms with van der Waals surface area (Å²) in [7, 11) is 0. The van der Waals surface area contributed by atoms with Gasteiger partial charge in [0.15, 0.2) is 0 Å². The fourth-order valence-electron chi connectivity index (χ4n) is 2.86. The molecule has 2 heterocycles. The van der Waals surface area contributed by atoms with Crippen molar-refractivity contribution in [3.8, 4) is 0 Å². The molecule has 5 heteroatoms. The first kappa shape index (κ1) is 14.9.